The number of carbonyl (C=O) groups is 1. The molecule has 0 saturated heterocycles. The number of carbonyl (C=O) groups excluding carboxylic acids is 1. The van der Waals surface area contributed by atoms with Crippen LogP contribution in [-0.4, -0.2) is 17.4 Å². The fourth-order valence-corrected chi connectivity index (χ4v) is 3.18. The Labute approximate surface area is 132 Å². The summed E-state index contributed by atoms with van der Waals surface area (Å²) in [5.41, 5.74) is 6.47. The van der Waals surface area contributed by atoms with Crippen molar-refractivity contribution in [1.29, 1.82) is 0 Å². The monoisotopic (exact) mass is 326 g/mol. The summed E-state index contributed by atoms with van der Waals surface area (Å²) in [4.78, 5) is 15.0. The Kier molecular flexibility index (Phi) is 4.85. The van der Waals surface area contributed by atoms with Crippen molar-refractivity contribution in [2.45, 2.75) is 20.4 Å². The van der Waals surface area contributed by atoms with E-state index < -0.39 is 5.82 Å². The minimum Gasteiger partial charge on any atom is -0.399 e. The van der Waals surface area contributed by atoms with Crippen LogP contribution in [0.1, 0.15) is 27.7 Å². The number of nitrogen functional groups attached to an aromatic ring is 1. The maximum Gasteiger partial charge on any atom is 0.257 e. The average Bonchev–Trinajstić information content (AvgIpc) is 2.85. The van der Waals surface area contributed by atoms with E-state index in [2.05, 4.69) is 0 Å². The van der Waals surface area contributed by atoms with Crippen molar-refractivity contribution < 1.29 is 9.18 Å². The molecule has 0 aliphatic carbocycles. The van der Waals surface area contributed by atoms with Crippen LogP contribution >= 0.6 is 22.9 Å². The molecule has 6 heteroatoms. The fourth-order valence-electron chi connectivity index (χ4n) is 2.08. The zero-order valence-corrected chi connectivity index (χ0v) is 13.4. The van der Waals surface area contributed by atoms with Crippen LogP contribution < -0.4 is 5.73 Å². The zero-order valence-electron chi connectivity index (χ0n) is 11.8. The molecule has 1 amide bonds. The largest absolute Gasteiger partial charge is 0.399 e. The van der Waals surface area contributed by atoms with Gasteiger partial charge in [0, 0.05) is 17.1 Å². The molecule has 1 heterocycles. The molecule has 1 aromatic carbocycles. The first-order valence-corrected chi connectivity index (χ1v) is 7.71. The van der Waals surface area contributed by atoms with Gasteiger partial charge >= 0.3 is 0 Å². The van der Waals surface area contributed by atoms with Crippen molar-refractivity contribution in [2.75, 3.05) is 12.3 Å². The second-order valence-electron chi connectivity index (χ2n) is 4.72. The van der Waals surface area contributed by atoms with E-state index in [1.54, 1.807) is 17.9 Å². The van der Waals surface area contributed by atoms with Crippen LogP contribution in [0.2, 0.25) is 4.34 Å². The highest BCUT2D eigenvalue weighted by Gasteiger charge is 2.20. The normalized spacial score (nSPS) is 10.7. The molecule has 2 rings (SSSR count). The van der Waals surface area contributed by atoms with Gasteiger partial charge in [0.1, 0.15) is 5.82 Å². The van der Waals surface area contributed by atoms with Crippen LogP contribution in [0.25, 0.3) is 0 Å². The summed E-state index contributed by atoms with van der Waals surface area (Å²) in [6, 6.07) is 6.55. The van der Waals surface area contributed by atoms with E-state index in [-0.39, 0.29) is 11.5 Å². The second-order valence-corrected chi connectivity index (χ2v) is 6.52. The molecule has 0 aliphatic heterocycles. The highest BCUT2D eigenvalue weighted by Crippen LogP contribution is 2.24. The summed E-state index contributed by atoms with van der Waals surface area (Å²) in [5, 5.41) is 0. The van der Waals surface area contributed by atoms with Gasteiger partial charge in [-0.05, 0) is 43.7 Å². The summed E-state index contributed by atoms with van der Waals surface area (Å²) in [5.74, 6) is -0.883. The van der Waals surface area contributed by atoms with Gasteiger partial charge in [-0.3, -0.25) is 4.79 Å². The third-order valence-electron chi connectivity index (χ3n) is 3.15. The SMILES string of the molecule is CCN(Cc1ccc(Cl)s1)C(=O)c1cc(N)cc(C)c1F. The smallest absolute Gasteiger partial charge is 0.257 e. The van der Waals surface area contributed by atoms with E-state index in [9.17, 15) is 9.18 Å². The Bertz CT molecular complexity index is 672. The number of nitrogens with two attached hydrogens (primary N) is 1. The molecule has 1 aromatic heterocycles. The number of hydrogen-bond acceptors (Lipinski definition) is 3. The van der Waals surface area contributed by atoms with Crippen LogP contribution in [0.3, 0.4) is 0 Å². The lowest BCUT2D eigenvalue weighted by molar-refractivity contribution is 0.0749. The summed E-state index contributed by atoms with van der Waals surface area (Å²) < 4.78 is 14.8. The quantitative estimate of drug-likeness (QED) is 0.860. The molecule has 2 aromatic rings. The predicted molar refractivity (Wildman–Crippen MR) is 85.3 cm³/mol. The van der Waals surface area contributed by atoms with Gasteiger partial charge in [0.25, 0.3) is 5.91 Å². The van der Waals surface area contributed by atoms with Gasteiger partial charge in [-0.2, -0.15) is 0 Å². The Balaban J connectivity index is 2.28. The van der Waals surface area contributed by atoms with Crippen LogP contribution in [-0.2, 0) is 6.54 Å². The van der Waals surface area contributed by atoms with Crippen LogP contribution in [0, 0.1) is 12.7 Å². The Morgan fingerprint density at radius 1 is 1.43 bits per heavy atom. The minimum atomic E-state index is -0.517. The standard InChI is InChI=1S/C15H16ClFN2OS/c1-3-19(8-11-4-5-13(16)21-11)15(20)12-7-10(18)6-9(2)14(12)17/h4-7H,3,8,18H2,1-2H3. The lowest BCUT2D eigenvalue weighted by Crippen LogP contribution is -2.31. The highest BCUT2D eigenvalue weighted by atomic mass is 35.5. The number of amides is 1. The first-order valence-electron chi connectivity index (χ1n) is 6.51. The van der Waals surface area contributed by atoms with Gasteiger partial charge in [-0.25, -0.2) is 4.39 Å². The summed E-state index contributed by atoms with van der Waals surface area (Å²) in [6.45, 7) is 4.32. The van der Waals surface area contributed by atoms with Crippen molar-refractivity contribution in [1.82, 2.24) is 4.90 Å². The van der Waals surface area contributed by atoms with E-state index in [1.807, 2.05) is 13.0 Å². The van der Waals surface area contributed by atoms with E-state index in [0.717, 1.165) is 4.88 Å². The predicted octanol–water partition coefficient (Wildman–Crippen LogP) is 4.09. The molecular weight excluding hydrogens is 311 g/mol. The Hall–Kier alpha value is -1.59. The molecule has 112 valence electrons. The van der Waals surface area contributed by atoms with Crippen LogP contribution in [0.5, 0.6) is 0 Å². The number of rotatable bonds is 4. The molecule has 0 aliphatic rings. The lowest BCUT2D eigenvalue weighted by Gasteiger charge is -2.21. The topological polar surface area (TPSA) is 46.3 Å². The number of halogens is 2. The van der Waals surface area contributed by atoms with Crippen LogP contribution in [0.4, 0.5) is 10.1 Å². The van der Waals surface area contributed by atoms with E-state index in [0.29, 0.717) is 28.7 Å². The Morgan fingerprint density at radius 3 is 2.71 bits per heavy atom. The van der Waals surface area contributed by atoms with E-state index in [4.69, 9.17) is 17.3 Å². The molecule has 0 saturated carbocycles. The maximum atomic E-state index is 14.2. The highest BCUT2D eigenvalue weighted by molar-refractivity contribution is 7.16. The van der Waals surface area contributed by atoms with Crippen molar-refractivity contribution in [3.63, 3.8) is 0 Å². The van der Waals surface area contributed by atoms with Gasteiger partial charge in [0.2, 0.25) is 0 Å². The van der Waals surface area contributed by atoms with E-state index >= 15 is 0 Å². The van der Waals surface area contributed by atoms with Gasteiger partial charge in [0.05, 0.1) is 16.4 Å². The van der Waals surface area contributed by atoms with Gasteiger partial charge in [0.15, 0.2) is 0 Å². The van der Waals surface area contributed by atoms with Crippen molar-refractivity contribution in [3.8, 4) is 0 Å². The average molecular weight is 327 g/mol. The fraction of sp³-hybridized carbons (Fsp3) is 0.267. The molecule has 0 atom stereocenters. The molecule has 0 radical (unpaired) electrons. The Morgan fingerprint density at radius 2 is 2.14 bits per heavy atom. The summed E-state index contributed by atoms with van der Waals surface area (Å²) in [6.07, 6.45) is 0. The number of thiophene rings is 1. The van der Waals surface area contributed by atoms with Gasteiger partial charge < -0.3 is 10.6 Å². The van der Waals surface area contributed by atoms with Crippen LogP contribution in [0.15, 0.2) is 24.3 Å². The molecule has 0 bridgehead atoms. The van der Waals surface area contributed by atoms with Crippen molar-refractivity contribution in [3.05, 3.63) is 50.4 Å². The molecule has 21 heavy (non-hydrogen) atoms. The molecule has 2 N–H and O–H groups in total. The number of anilines is 1. The number of benzene rings is 1. The molecule has 0 unspecified atom stereocenters. The third kappa shape index (κ3) is 3.54. The first kappa shape index (κ1) is 15.8. The first-order chi connectivity index (χ1) is 9.92. The van der Waals surface area contributed by atoms with Crippen molar-refractivity contribution in [2.24, 2.45) is 0 Å². The molecule has 0 spiro atoms. The van der Waals surface area contributed by atoms with E-state index in [1.165, 1.54) is 23.5 Å². The lowest BCUT2D eigenvalue weighted by atomic mass is 10.1. The summed E-state index contributed by atoms with van der Waals surface area (Å²) in [7, 11) is 0. The molecule has 0 fully saturated rings. The van der Waals surface area contributed by atoms with Crippen molar-refractivity contribution >= 4 is 34.5 Å². The second kappa shape index (κ2) is 6.45. The number of hydrogen-bond donors (Lipinski definition) is 1. The van der Waals surface area contributed by atoms with Gasteiger partial charge in [-0.15, -0.1) is 11.3 Å². The number of nitrogens with zero attached hydrogens (tertiary/aromatic N) is 1. The third-order valence-corrected chi connectivity index (χ3v) is 4.37. The molecular formula is C15H16ClFN2OS. The number of aryl methyl sites for hydroxylation is 1. The van der Waals surface area contributed by atoms with Gasteiger partial charge in [-0.1, -0.05) is 11.6 Å². The summed E-state index contributed by atoms with van der Waals surface area (Å²) >= 11 is 7.30. The zero-order chi connectivity index (χ0) is 15.6. The maximum absolute atomic E-state index is 14.2. The molecule has 3 nitrogen and oxygen atoms in total. The minimum absolute atomic E-state index is 0.0111.